The van der Waals surface area contributed by atoms with Crippen molar-refractivity contribution in [1.29, 1.82) is 0 Å². The number of carbonyl (C=O) groups excluding carboxylic acids is 3. The van der Waals surface area contributed by atoms with E-state index in [1.165, 1.54) is 14.0 Å². The van der Waals surface area contributed by atoms with Gasteiger partial charge < -0.3 is 9.47 Å². The van der Waals surface area contributed by atoms with Crippen molar-refractivity contribution in [2.75, 3.05) is 7.11 Å². The number of methoxy groups -OCH3 is 1. The molecule has 0 N–H and O–H groups in total. The molecule has 1 heterocycles. The van der Waals surface area contributed by atoms with E-state index in [-0.39, 0.29) is 0 Å². The summed E-state index contributed by atoms with van der Waals surface area (Å²) in [7, 11) is 1.53. The van der Waals surface area contributed by atoms with Gasteiger partial charge in [-0.25, -0.2) is 4.90 Å². The van der Waals surface area contributed by atoms with Crippen LogP contribution in [0.5, 0.6) is 5.75 Å². The molecule has 122 valence electrons. The lowest BCUT2D eigenvalue weighted by atomic mass is 10.1. The highest BCUT2D eigenvalue weighted by atomic mass is 16.6. The molecule has 0 radical (unpaired) electrons. The van der Waals surface area contributed by atoms with Gasteiger partial charge >= 0.3 is 5.97 Å². The number of carbonyl (C=O) groups is 3. The molecule has 1 unspecified atom stereocenters. The first-order chi connectivity index (χ1) is 11.5. The number of imide groups is 1. The van der Waals surface area contributed by atoms with E-state index in [1.54, 1.807) is 48.5 Å². The summed E-state index contributed by atoms with van der Waals surface area (Å²) >= 11 is 0. The zero-order valence-corrected chi connectivity index (χ0v) is 13.2. The van der Waals surface area contributed by atoms with Crippen molar-refractivity contribution in [1.82, 2.24) is 4.90 Å². The van der Waals surface area contributed by atoms with E-state index >= 15 is 0 Å². The highest BCUT2D eigenvalue weighted by molar-refractivity contribution is 6.21. The highest BCUT2D eigenvalue weighted by Crippen LogP contribution is 2.32. The Balaban J connectivity index is 2.02. The Morgan fingerprint density at radius 3 is 1.96 bits per heavy atom. The highest BCUT2D eigenvalue weighted by Gasteiger charge is 2.41. The fourth-order valence-electron chi connectivity index (χ4n) is 2.62. The monoisotopic (exact) mass is 325 g/mol. The van der Waals surface area contributed by atoms with Gasteiger partial charge in [-0.15, -0.1) is 0 Å². The third kappa shape index (κ3) is 2.62. The summed E-state index contributed by atoms with van der Waals surface area (Å²) in [6.07, 6.45) is -1.12. The maximum Gasteiger partial charge on any atom is 0.304 e. The number of nitrogens with zero attached hydrogens (tertiary/aromatic N) is 1. The topological polar surface area (TPSA) is 72.9 Å². The lowest BCUT2D eigenvalue weighted by Gasteiger charge is -2.25. The minimum atomic E-state index is -1.12. The van der Waals surface area contributed by atoms with Gasteiger partial charge in [0.15, 0.2) is 0 Å². The van der Waals surface area contributed by atoms with Gasteiger partial charge in [-0.05, 0) is 36.4 Å². The summed E-state index contributed by atoms with van der Waals surface area (Å²) < 4.78 is 10.4. The van der Waals surface area contributed by atoms with Gasteiger partial charge in [-0.2, -0.15) is 0 Å². The SMILES string of the molecule is COc1ccc(C(OC(C)=O)N2C(=O)c3ccccc3C2=O)cc1. The zero-order valence-electron chi connectivity index (χ0n) is 13.2. The van der Waals surface area contributed by atoms with E-state index in [9.17, 15) is 14.4 Å². The third-order valence-electron chi connectivity index (χ3n) is 3.74. The van der Waals surface area contributed by atoms with E-state index in [2.05, 4.69) is 0 Å². The molecule has 6 heteroatoms. The molecule has 6 nitrogen and oxygen atoms in total. The zero-order chi connectivity index (χ0) is 17.3. The van der Waals surface area contributed by atoms with Crippen LogP contribution in [0.15, 0.2) is 48.5 Å². The van der Waals surface area contributed by atoms with E-state index in [4.69, 9.17) is 9.47 Å². The number of benzene rings is 2. The fourth-order valence-corrected chi connectivity index (χ4v) is 2.62. The fraction of sp³-hybridized carbons (Fsp3) is 0.167. The van der Waals surface area contributed by atoms with Crippen molar-refractivity contribution < 1.29 is 23.9 Å². The second-order valence-corrected chi connectivity index (χ2v) is 5.26. The van der Waals surface area contributed by atoms with Crippen LogP contribution in [0.3, 0.4) is 0 Å². The van der Waals surface area contributed by atoms with Crippen molar-refractivity contribution in [3.63, 3.8) is 0 Å². The molecule has 0 aromatic heterocycles. The van der Waals surface area contributed by atoms with E-state index in [1.807, 2.05) is 0 Å². The van der Waals surface area contributed by atoms with Crippen molar-refractivity contribution in [2.24, 2.45) is 0 Å². The molecule has 1 aliphatic rings. The molecule has 2 aromatic carbocycles. The number of rotatable bonds is 4. The molecule has 1 atom stereocenters. The summed E-state index contributed by atoms with van der Waals surface area (Å²) in [4.78, 5) is 37.7. The number of esters is 1. The van der Waals surface area contributed by atoms with Gasteiger partial charge in [0.1, 0.15) is 5.75 Å². The van der Waals surface area contributed by atoms with Gasteiger partial charge in [-0.1, -0.05) is 12.1 Å². The first-order valence-corrected chi connectivity index (χ1v) is 7.31. The largest absolute Gasteiger partial charge is 0.497 e. The second-order valence-electron chi connectivity index (χ2n) is 5.26. The number of hydrogen-bond donors (Lipinski definition) is 0. The van der Waals surface area contributed by atoms with Crippen molar-refractivity contribution in [3.8, 4) is 5.75 Å². The van der Waals surface area contributed by atoms with Gasteiger partial charge in [0.05, 0.1) is 18.2 Å². The Bertz CT molecular complexity index is 777. The molecular formula is C18H15NO5. The molecular weight excluding hydrogens is 310 g/mol. The predicted octanol–water partition coefficient (Wildman–Crippen LogP) is 2.55. The molecule has 0 saturated heterocycles. The van der Waals surface area contributed by atoms with Crippen LogP contribution in [0.4, 0.5) is 0 Å². The lowest BCUT2D eigenvalue weighted by molar-refractivity contribution is -0.152. The van der Waals surface area contributed by atoms with Crippen LogP contribution in [0.1, 0.15) is 39.4 Å². The van der Waals surface area contributed by atoms with Crippen LogP contribution in [-0.2, 0) is 9.53 Å². The molecule has 24 heavy (non-hydrogen) atoms. The van der Waals surface area contributed by atoms with Gasteiger partial charge in [-0.3, -0.25) is 14.4 Å². The summed E-state index contributed by atoms with van der Waals surface area (Å²) in [5.41, 5.74) is 1.10. The average molecular weight is 325 g/mol. The predicted molar refractivity (Wildman–Crippen MR) is 84.4 cm³/mol. The summed E-state index contributed by atoms with van der Waals surface area (Å²) in [6, 6.07) is 13.2. The Hall–Kier alpha value is -3.15. The summed E-state index contributed by atoms with van der Waals surface area (Å²) in [6.45, 7) is 1.23. The first-order valence-electron chi connectivity index (χ1n) is 7.31. The minimum absolute atomic E-state index is 0.299. The maximum atomic E-state index is 12.6. The van der Waals surface area contributed by atoms with Gasteiger partial charge in [0.2, 0.25) is 6.23 Å². The maximum absolute atomic E-state index is 12.6. The molecule has 1 aliphatic heterocycles. The van der Waals surface area contributed by atoms with Gasteiger partial charge in [0.25, 0.3) is 11.8 Å². The Labute approximate surface area is 138 Å². The standard InChI is InChI=1S/C18H15NO5/c1-11(20)24-18(12-7-9-13(23-2)10-8-12)19-16(21)14-5-3-4-6-15(14)17(19)22/h3-10,18H,1-2H3. The molecule has 0 fully saturated rings. The van der Waals surface area contributed by atoms with Crippen molar-refractivity contribution in [3.05, 3.63) is 65.2 Å². The summed E-state index contributed by atoms with van der Waals surface area (Å²) in [5.74, 6) is -0.953. The number of amides is 2. The van der Waals surface area contributed by atoms with Crippen molar-refractivity contribution in [2.45, 2.75) is 13.2 Å². The van der Waals surface area contributed by atoms with Crippen LogP contribution < -0.4 is 4.74 Å². The average Bonchev–Trinajstić information content (AvgIpc) is 2.84. The Morgan fingerprint density at radius 2 is 1.50 bits per heavy atom. The minimum Gasteiger partial charge on any atom is -0.497 e. The van der Waals surface area contributed by atoms with Crippen molar-refractivity contribution >= 4 is 17.8 Å². The smallest absolute Gasteiger partial charge is 0.304 e. The number of hydrogen-bond acceptors (Lipinski definition) is 5. The second kappa shape index (κ2) is 6.16. The first kappa shape index (κ1) is 15.7. The molecule has 0 saturated carbocycles. The Kier molecular flexibility index (Phi) is 4.04. The lowest BCUT2D eigenvalue weighted by Crippen LogP contribution is -2.36. The molecule has 0 bridgehead atoms. The molecule has 0 aliphatic carbocycles. The Morgan fingerprint density at radius 1 is 0.958 bits per heavy atom. The van der Waals surface area contributed by atoms with Crippen LogP contribution in [0, 0.1) is 0 Å². The quantitative estimate of drug-likeness (QED) is 0.638. The van der Waals surface area contributed by atoms with Crippen LogP contribution in [0.2, 0.25) is 0 Å². The van der Waals surface area contributed by atoms with E-state index in [0.717, 1.165) is 4.90 Å². The summed E-state index contributed by atoms with van der Waals surface area (Å²) in [5, 5.41) is 0. The molecule has 2 amide bonds. The van der Waals surface area contributed by atoms with Gasteiger partial charge in [0, 0.05) is 12.5 Å². The van der Waals surface area contributed by atoms with E-state index < -0.39 is 24.0 Å². The normalized spacial score (nSPS) is 14.3. The molecule has 3 rings (SSSR count). The number of fused-ring (bicyclic) bond motifs is 1. The number of ether oxygens (including phenoxy) is 2. The molecule has 2 aromatic rings. The van der Waals surface area contributed by atoms with Crippen LogP contribution in [-0.4, -0.2) is 29.8 Å². The van der Waals surface area contributed by atoms with Crippen LogP contribution in [0.25, 0.3) is 0 Å². The van der Waals surface area contributed by atoms with Crippen LogP contribution >= 0.6 is 0 Å². The third-order valence-corrected chi connectivity index (χ3v) is 3.74. The molecule has 0 spiro atoms. The van der Waals surface area contributed by atoms with E-state index in [0.29, 0.717) is 22.4 Å².